The molecule has 0 aromatic heterocycles. The third kappa shape index (κ3) is 6.77. The van der Waals surface area contributed by atoms with E-state index in [0.717, 1.165) is 25.2 Å². The number of hydrogen-bond acceptors (Lipinski definition) is 4. The zero-order valence-electron chi connectivity index (χ0n) is 12.5. The first-order valence-corrected chi connectivity index (χ1v) is 6.81. The topological polar surface area (TPSA) is 41.6 Å². The van der Waals surface area contributed by atoms with Crippen LogP contribution in [0.5, 0.6) is 0 Å². The van der Waals surface area contributed by atoms with Gasteiger partial charge in [0.15, 0.2) is 0 Å². The Labute approximate surface area is 111 Å². The van der Waals surface area contributed by atoms with E-state index in [1.807, 2.05) is 13.0 Å². The molecule has 0 saturated heterocycles. The van der Waals surface area contributed by atoms with E-state index < -0.39 is 0 Å². The van der Waals surface area contributed by atoms with Gasteiger partial charge in [0.2, 0.25) is 0 Å². The van der Waals surface area contributed by atoms with E-state index in [1.54, 1.807) is 0 Å². The molecule has 1 N–H and O–H groups in total. The Kier molecular flexibility index (Phi) is 9.60. The fourth-order valence-electron chi connectivity index (χ4n) is 1.82. The van der Waals surface area contributed by atoms with Crippen molar-refractivity contribution in [2.24, 2.45) is 0 Å². The Morgan fingerprint density at radius 3 is 2.39 bits per heavy atom. The maximum absolute atomic E-state index is 11.4. The summed E-state index contributed by atoms with van der Waals surface area (Å²) in [6.07, 6.45) is 2.63. The summed E-state index contributed by atoms with van der Waals surface area (Å²) >= 11 is 0. The first-order chi connectivity index (χ1) is 8.58. The van der Waals surface area contributed by atoms with Crippen LogP contribution in [0, 0.1) is 0 Å². The lowest BCUT2D eigenvalue weighted by Gasteiger charge is -2.23. The number of esters is 1. The van der Waals surface area contributed by atoms with E-state index in [0.29, 0.717) is 19.0 Å². The number of carbonyl (C=O) groups is 1. The van der Waals surface area contributed by atoms with Gasteiger partial charge in [-0.1, -0.05) is 26.8 Å². The predicted octanol–water partition coefficient (Wildman–Crippen LogP) is 1.82. The van der Waals surface area contributed by atoms with Crippen molar-refractivity contribution in [1.29, 1.82) is 0 Å². The summed E-state index contributed by atoms with van der Waals surface area (Å²) < 4.78 is 4.72. The van der Waals surface area contributed by atoms with Gasteiger partial charge in [-0.05, 0) is 26.4 Å². The molecule has 4 heteroatoms. The quantitative estimate of drug-likeness (QED) is 0.505. The van der Waals surface area contributed by atoms with Crippen LogP contribution in [0.1, 0.15) is 34.1 Å². The van der Waals surface area contributed by atoms with Crippen LogP contribution in [0.4, 0.5) is 0 Å². The SMILES string of the molecule is CC/C(=C/CNC(C)CN(CC)CC)C(=O)OC. The molecule has 0 aromatic carbocycles. The number of carbonyl (C=O) groups excluding carboxylic acids is 1. The molecule has 4 nitrogen and oxygen atoms in total. The van der Waals surface area contributed by atoms with Gasteiger partial charge in [0, 0.05) is 24.7 Å². The monoisotopic (exact) mass is 256 g/mol. The Bertz CT molecular complexity index is 261. The molecule has 0 radical (unpaired) electrons. The number of rotatable bonds is 9. The minimum atomic E-state index is -0.226. The number of likely N-dealkylation sites (N-methyl/N-ethyl adjacent to an activating group) is 1. The fraction of sp³-hybridized carbons (Fsp3) is 0.786. The average molecular weight is 256 g/mol. The second-order valence-corrected chi connectivity index (χ2v) is 4.37. The van der Waals surface area contributed by atoms with E-state index >= 15 is 0 Å². The molecule has 0 aliphatic heterocycles. The van der Waals surface area contributed by atoms with Crippen molar-refractivity contribution in [3.8, 4) is 0 Å². The van der Waals surface area contributed by atoms with Gasteiger partial charge >= 0.3 is 5.97 Å². The van der Waals surface area contributed by atoms with Gasteiger partial charge in [-0.3, -0.25) is 0 Å². The highest BCUT2D eigenvalue weighted by molar-refractivity contribution is 5.88. The highest BCUT2D eigenvalue weighted by atomic mass is 16.5. The van der Waals surface area contributed by atoms with Crippen molar-refractivity contribution < 1.29 is 9.53 Å². The summed E-state index contributed by atoms with van der Waals surface area (Å²) in [5.74, 6) is -0.226. The molecule has 0 aliphatic carbocycles. The number of nitrogens with zero attached hydrogens (tertiary/aromatic N) is 1. The largest absolute Gasteiger partial charge is 0.466 e. The van der Waals surface area contributed by atoms with E-state index in [-0.39, 0.29) is 5.97 Å². The maximum atomic E-state index is 11.4. The van der Waals surface area contributed by atoms with E-state index in [4.69, 9.17) is 4.74 Å². The van der Waals surface area contributed by atoms with Gasteiger partial charge in [-0.25, -0.2) is 4.79 Å². The van der Waals surface area contributed by atoms with Gasteiger partial charge in [0.1, 0.15) is 0 Å². The van der Waals surface area contributed by atoms with Crippen LogP contribution in [0.3, 0.4) is 0 Å². The second kappa shape index (κ2) is 10.1. The normalized spacial score (nSPS) is 13.8. The maximum Gasteiger partial charge on any atom is 0.333 e. The third-order valence-corrected chi connectivity index (χ3v) is 3.07. The molecule has 0 saturated carbocycles. The first-order valence-electron chi connectivity index (χ1n) is 6.81. The van der Waals surface area contributed by atoms with Crippen LogP contribution in [-0.2, 0) is 9.53 Å². The average Bonchev–Trinajstić information content (AvgIpc) is 2.40. The van der Waals surface area contributed by atoms with Crippen molar-refractivity contribution in [3.05, 3.63) is 11.6 Å². The zero-order chi connectivity index (χ0) is 14.0. The predicted molar refractivity (Wildman–Crippen MR) is 75.6 cm³/mol. The lowest BCUT2D eigenvalue weighted by molar-refractivity contribution is -0.136. The number of methoxy groups -OCH3 is 1. The molecular weight excluding hydrogens is 228 g/mol. The van der Waals surface area contributed by atoms with Crippen LogP contribution in [0.25, 0.3) is 0 Å². The molecular formula is C14H28N2O2. The standard InChI is InChI=1S/C14H28N2O2/c1-6-13(14(17)18-5)9-10-15-12(4)11-16(7-2)8-3/h9,12,15H,6-8,10-11H2,1-5H3/b13-9-. The van der Waals surface area contributed by atoms with Gasteiger partial charge in [-0.2, -0.15) is 0 Å². The fourth-order valence-corrected chi connectivity index (χ4v) is 1.82. The summed E-state index contributed by atoms with van der Waals surface area (Å²) in [6, 6.07) is 0.414. The number of nitrogens with one attached hydrogen (secondary N) is 1. The van der Waals surface area contributed by atoms with Crippen molar-refractivity contribution in [1.82, 2.24) is 10.2 Å². The van der Waals surface area contributed by atoms with Gasteiger partial charge in [0.05, 0.1) is 7.11 Å². The van der Waals surface area contributed by atoms with Gasteiger partial charge in [-0.15, -0.1) is 0 Å². The molecule has 18 heavy (non-hydrogen) atoms. The summed E-state index contributed by atoms with van der Waals surface area (Å²) in [5, 5.41) is 3.40. The van der Waals surface area contributed by atoms with Crippen molar-refractivity contribution in [3.63, 3.8) is 0 Å². The minimum Gasteiger partial charge on any atom is -0.466 e. The molecule has 106 valence electrons. The van der Waals surface area contributed by atoms with E-state index in [9.17, 15) is 4.79 Å². The Morgan fingerprint density at radius 1 is 1.33 bits per heavy atom. The van der Waals surface area contributed by atoms with Crippen LogP contribution in [-0.4, -0.2) is 50.2 Å². The zero-order valence-corrected chi connectivity index (χ0v) is 12.5. The number of hydrogen-bond donors (Lipinski definition) is 1. The molecule has 1 unspecified atom stereocenters. The lowest BCUT2D eigenvalue weighted by atomic mass is 10.2. The number of ether oxygens (including phenoxy) is 1. The van der Waals surface area contributed by atoms with Crippen LogP contribution < -0.4 is 5.32 Å². The Hall–Kier alpha value is -0.870. The first kappa shape index (κ1) is 17.1. The van der Waals surface area contributed by atoms with Crippen LogP contribution in [0.2, 0.25) is 0 Å². The van der Waals surface area contributed by atoms with E-state index in [1.165, 1.54) is 7.11 Å². The summed E-state index contributed by atoms with van der Waals surface area (Å²) in [7, 11) is 1.42. The third-order valence-electron chi connectivity index (χ3n) is 3.07. The molecule has 0 amide bonds. The molecule has 0 heterocycles. The van der Waals surface area contributed by atoms with Crippen molar-refractivity contribution in [2.75, 3.05) is 33.3 Å². The molecule has 0 spiro atoms. The second-order valence-electron chi connectivity index (χ2n) is 4.37. The van der Waals surface area contributed by atoms with Gasteiger partial charge in [0.25, 0.3) is 0 Å². The molecule has 0 fully saturated rings. The van der Waals surface area contributed by atoms with Crippen molar-refractivity contribution in [2.45, 2.75) is 40.2 Å². The summed E-state index contributed by atoms with van der Waals surface area (Å²) in [4.78, 5) is 13.7. The summed E-state index contributed by atoms with van der Waals surface area (Å²) in [6.45, 7) is 12.3. The molecule has 1 atom stereocenters. The summed E-state index contributed by atoms with van der Waals surface area (Å²) in [5.41, 5.74) is 0.736. The van der Waals surface area contributed by atoms with Crippen LogP contribution in [0.15, 0.2) is 11.6 Å². The Balaban J connectivity index is 4.08. The van der Waals surface area contributed by atoms with Crippen molar-refractivity contribution >= 4 is 5.97 Å². The molecule has 0 aromatic rings. The Morgan fingerprint density at radius 2 is 1.94 bits per heavy atom. The van der Waals surface area contributed by atoms with Gasteiger partial charge < -0.3 is 15.0 Å². The van der Waals surface area contributed by atoms with Crippen LogP contribution >= 0.6 is 0 Å². The molecule has 0 aliphatic rings. The van der Waals surface area contributed by atoms with E-state index in [2.05, 4.69) is 31.0 Å². The molecule has 0 rings (SSSR count). The highest BCUT2D eigenvalue weighted by Gasteiger charge is 2.08. The minimum absolute atomic E-state index is 0.226. The lowest BCUT2D eigenvalue weighted by Crippen LogP contribution is -2.39. The molecule has 0 bridgehead atoms. The highest BCUT2D eigenvalue weighted by Crippen LogP contribution is 2.02. The smallest absolute Gasteiger partial charge is 0.333 e.